The highest BCUT2D eigenvalue weighted by Crippen LogP contribution is 2.32. The molecular weight excluding hydrogens is 785 g/mol. The van der Waals surface area contributed by atoms with Crippen molar-refractivity contribution in [2.75, 3.05) is 75.1 Å². The van der Waals surface area contributed by atoms with Crippen LogP contribution in [0.4, 0.5) is 39.4 Å². The van der Waals surface area contributed by atoms with Gasteiger partial charge in [0, 0.05) is 75.2 Å². The molecule has 61 heavy (non-hydrogen) atoms. The number of hydrogen-bond donors (Lipinski definition) is 4. The van der Waals surface area contributed by atoms with Crippen LogP contribution in [0.5, 0.6) is 23.3 Å². The van der Waals surface area contributed by atoms with Crippen molar-refractivity contribution in [3.8, 4) is 23.3 Å². The van der Waals surface area contributed by atoms with Gasteiger partial charge in [-0.25, -0.2) is 23.8 Å². The predicted molar refractivity (Wildman–Crippen MR) is 231 cm³/mol. The molecule has 8 rings (SSSR count). The molecule has 0 aliphatic carbocycles. The van der Waals surface area contributed by atoms with Gasteiger partial charge in [-0.2, -0.15) is 9.97 Å². The number of carbonyl (C=O) groups excluding carboxylic acids is 1. The van der Waals surface area contributed by atoms with Gasteiger partial charge in [-0.1, -0.05) is 0 Å². The third-order valence-electron chi connectivity index (χ3n) is 9.94. The van der Waals surface area contributed by atoms with E-state index in [9.17, 15) is 4.79 Å². The second-order valence-corrected chi connectivity index (χ2v) is 15.6. The number of nitrogens with one attached hydrogen (secondary N) is 3. The molecule has 2 aliphatic heterocycles. The smallest absolute Gasteiger partial charge is 0.407 e. The van der Waals surface area contributed by atoms with Crippen molar-refractivity contribution in [1.29, 1.82) is 0 Å². The number of nitrogens with two attached hydrogens (primary N) is 1. The predicted octanol–water partition coefficient (Wildman–Crippen LogP) is 5.19. The monoisotopic (exact) mass is 838 g/mol. The lowest BCUT2D eigenvalue weighted by Gasteiger charge is -2.34. The second-order valence-electron chi connectivity index (χ2n) is 15.6. The van der Waals surface area contributed by atoms with Gasteiger partial charge in [-0.05, 0) is 70.7 Å². The number of amides is 1. The van der Waals surface area contributed by atoms with E-state index in [2.05, 4.69) is 50.8 Å². The van der Waals surface area contributed by atoms with Gasteiger partial charge in [0.2, 0.25) is 0 Å². The lowest BCUT2D eigenvalue weighted by atomic mass is 10.1. The van der Waals surface area contributed by atoms with Crippen LogP contribution in [0.2, 0.25) is 0 Å². The van der Waals surface area contributed by atoms with Crippen LogP contribution in [0, 0.1) is 0 Å². The standard InChI is InChI=1S/C23H31N7O4.C18H23N7O2/c1-23(2,3)34-22(31)25-15-7-6-11-29(14-15)19-13-16(20-24-10-12-30(20)28-19)26-18-9-8-17(32-4)21(27-18)33-5;1-26-14-5-6-15(22-18(14)27-2)21-13-10-16(23-25-9-7-20-17(13)25)24-8-3-4-12(19)11-24/h8-10,12-13,15H,6-7,11,14H2,1-5H3,(H,25,31)(H,26,27);5-7,9-10,12H,3-4,8,11,19H2,1-2H3,(H,21,22). The summed E-state index contributed by atoms with van der Waals surface area (Å²) in [6, 6.07) is 11.3. The van der Waals surface area contributed by atoms with Gasteiger partial charge in [0.25, 0.3) is 11.8 Å². The number of nitrogens with zero attached hydrogens (tertiary/aromatic N) is 10. The number of aromatic nitrogens is 8. The molecule has 2 aliphatic rings. The highest BCUT2D eigenvalue weighted by Gasteiger charge is 2.26. The van der Waals surface area contributed by atoms with Crippen molar-refractivity contribution in [1.82, 2.24) is 44.5 Å². The topological polar surface area (TPSA) is 218 Å². The molecule has 2 unspecified atom stereocenters. The number of methoxy groups -OCH3 is 4. The first-order valence-corrected chi connectivity index (χ1v) is 20.1. The Hall–Kier alpha value is -6.83. The highest BCUT2D eigenvalue weighted by atomic mass is 16.6. The molecule has 2 saturated heterocycles. The van der Waals surface area contributed by atoms with Crippen molar-refractivity contribution in [3.63, 3.8) is 0 Å². The molecule has 8 heterocycles. The van der Waals surface area contributed by atoms with Crippen LogP contribution in [0.15, 0.2) is 61.2 Å². The summed E-state index contributed by atoms with van der Waals surface area (Å²) in [5, 5.41) is 19.0. The van der Waals surface area contributed by atoms with Crippen LogP contribution in [-0.2, 0) is 4.74 Å². The fourth-order valence-corrected chi connectivity index (χ4v) is 7.17. The van der Waals surface area contributed by atoms with Crippen molar-refractivity contribution in [2.45, 2.75) is 64.1 Å². The quantitative estimate of drug-likeness (QED) is 0.132. The summed E-state index contributed by atoms with van der Waals surface area (Å²) in [4.78, 5) is 34.4. The normalized spacial score (nSPS) is 16.7. The zero-order valence-corrected chi connectivity index (χ0v) is 35.6. The minimum absolute atomic E-state index is 0.0344. The molecule has 6 aromatic heterocycles. The molecule has 0 aromatic carbocycles. The number of alkyl carbamates (subject to hydrolysis) is 1. The van der Waals surface area contributed by atoms with Gasteiger partial charge in [0.15, 0.2) is 34.4 Å². The fraction of sp³-hybridized carbons (Fsp3) is 0.439. The van der Waals surface area contributed by atoms with Crippen molar-refractivity contribution in [3.05, 3.63) is 61.2 Å². The van der Waals surface area contributed by atoms with Gasteiger partial charge in [-0.15, -0.1) is 10.2 Å². The summed E-state index contributed by atoms with van der Waals surface area (Å²) in [5.74, 6) is 4.76. The third-order valence-corrected chi connectivity index (χ3v) is 9.94. The maximum atomic E-state index is 12.2. The number of piperidine rings is 2. The number of anilines is 6. The Morgan fingerprint density at radius 1 is 0.721 bits per heavy atom. The number of imidazole rings is 2. The van der Waals surface area contributed by atoms with Crippen molar-refractivity contribution < 1.29 is 28.5 Å². The van der Waals surface area contributed by atoms with Gasteiger partial charge >= 0.3 is 6.09 Å². The molecule has 0 spiro atoms. The molecule has 0 radical (unpaired) electrons. The average molecular weight is 839 g/mol. The van der Waals surface area contributed by atoms with Crippen LogP contribution < -0.4 is 50.4 Å². The van der Waals surface area contributed by atoms with Crippen LogP contribution in [0.25, 0.3) is 11.3 Å². The van der Waals surface area contributed by atoms with E-state index in [4.69, 9.17) is 34.5 Å². The molecule has 0 saturated carbocycles. The van der Waals surface area contributed by atoms with E-state index in [0.29, 0.717) is 47.1 Å². The Morgan fingerprint density at radius 3 is 1.70 bits per heavy atom. The Bertz CT molecular complexity index is 2430. The summed E-state index contributed by atoms with van der Waals surface area (Å²) in [5.41, 5.74) is 8.54. The lowest BCUT2D eigenvalue weighted by molar-refractivity contribution is 0.0500. The fourth-order valence-electron chi connectivity index (χ4n) is 7.17. The van der Waals surface area contributed by atoms with E-state index in [1.165, 1.54) is 0 Å². The van der Waals surface area contributed by atoms with Gasteiger partial charge in [-0.3, -0.25) is 0 Å². The number of fused-ring (bicyclic) bond motifs is 2. The first-order valence-electron chi connectivity index (χ1n) is 20.1. The highest BCUT2D eigenvalue weighted by molar-refractivity contribution is 5.76. The van der Waals surface area contributed by atoms with E-state index >= 15 is 0 Å². The Morgan fingerprint density at radius 2 is 1.23 bits per heavy atom. The SMILES string of the molecule is COc1ccc(Nc2cc(N3CCCC(N)C3)nn3ccnc23)nc1OC.COc1ccc(Nc2cc(N3CCCC(NC(=O)OC(C)(C)C)C3)nn3ccnc23)nc1OC. The maximum absolute atomic E-state index is 12.2. The Balaban J connectivity index is 0.000000189. The lowest BCUT2D eigenvalue weighted by Crippen LogP contribution is -2.49. The van der Waals surface area contributed by atoms with E-state index in [0.717, 1.165) is 74.0 Å². The molecule has 20 heteroatoms. The van der Waals surface area contributed by atoms with Crippen molar-refractivity contribution in [2.24, 2.45) is 5.73 Å². The molecule has 0 bridgehead atoms. The third kappa shape index (κ3) is 10.3. The molecule has 2 atom stereocenters. The van der Waals surface area contributed by atoms with Gasteiger partial charge < -0.3 is 55.2 Å². The number of hydrogen-bond acceptors (Lipinski definition) is 17. The minimum atomic E-state index is -0.537. The maximum Gasteiger partial charge on any atom is 0.407 e. The van der Waals surface area contributed by atoms with Crippen LogP contribution in [0.3, 0.4) is 0 Å². The minimum Gasteiger partial charge on any atom is -0.491 e. The first-order chi connectivity index (χ1) is 29.4. The zero-order valence-electron chi connectivity index (χ0n) is 35.6. The van der Waals surface area contributed by atoms with Crippen LogP contribution in [-0.4, -0.2) is 118 Å². The van der Waals surface area contributed by atoms with E-state index in [-0.39, 0.29) is 12.1 Å². The Kier molecular flexibility index (Phi) is 12.9. The second kappa shape index (κ2) is 18.6. The number of carbonyl (C=O) groups is 1. The van der Waals surface area contributed by atoms with Gasteiger partial charge in [0.05, 0.1) is 39.8 Å². The summed E-state index contributed by atoms with van der Waals surface area (Å²) in [7, 11) is 6.26. The van der Waals surface area contributed by atoms with E-state index < -0.39 is 11.7 Å². The summed E-state index contributed by atoms with van der Waals surface area (Å²) < 4.78 is 30.0. The summed E-state index contributed by atoms with van der Waals surface area (Å²) >= 11 is 0. The van der Waals surface area contributed by atoms with Gasteiger partial charge in [0.1, 0.15) is 17.2 Å². The van der Waals surface area contributed by atoms with E-state index in [1.54, 1.807) is 62.1 Å². The molecule has 20 nitrogen and oxygen atoms in total. The molecule has 324 valence electrons. The largest absolute Gasteiger partial charge is 0.491 e. The molecule has 6 aromatic rings. The first kappa shape index (κ1) is 42.3. The zero-order chi connectivity index (χ0) is 43.1. The van der Waals surface area contributed by atoms with Crippen LogP contribution >= 0.6 is 0 Å². The van der Waals surface area contributed by atoms with Crippen molar-refractivity contribution >= 4 is 52.0 Å². The summed E-state index contributed by atoms with van der Waals surface area (Å²) in [6.45, 7) is 8.74. The number of pyridine rings is 2. The molecule has 1 amide bonds. The molecular formula is C41H54N14O6. The molecule has 2 fully saturated rings. The van der Waals surface area contributed by atoms with Crippen LogP contribution in [0.1, 0.15) is 46.5 Å². The number of ether oxygens (including phenoxy) is 5. The Labute approximate surface area is 353 Å². The molecule has 5 N–H and O–H groups in total. The average Bonchev–Trinajstić information content (AvgIpc) is 3.94. The number of rotatable bonds is 11. The summed E-state index contributed by atoms with van der Waals surface area (Å²) in [6.07, 6.45) is 10.6. The van der Waals surface area contributed by atoms with E-state index in [1.807, 2.05) is 57.3 Å².